The van der Waals surface area contributed by atoms with Crippen LogP contribution in [0.4, 0.5) is 4.79 Å². The van der Waals surface area contributed by atoms with E-state index in [1.807, 2.05) is 24.7 Å². The van der Waals surface area contributed by atoms with Crippen molar-refractivity contribution < 1.29 is 43.3 Å². The van der Waals surface area contributed by atoms with Crippen LogP contribution in [0.1, 0.15) is 26.7 Å². The molecule has 0 unspecified atom stereocenters. The third-order valence-corrected chi connectivity index (χ3v) is 4.65. The number of hydrogen-bond donors (Lipinski definition) is 8. The van der Waals surface area contributed by atoms with Gasteiger partial charge >= 0.3 is 6.03 Å². The van der Waals surface area contributed by atoms with Crippen molar-refractivity contribution >= 4 is 35.6 Å². The van der Waals surface area contributed by atoms with Crippen LogP contribution in [0.3, 0.4) is 0 Å². The number of aliphatic hydroxyl groups is 1. The number of ether oxygens (including phenoxy) is 2. The Morgan fingerprint density at radius 2 is 1.53 bits per heavy atom. The molecule has 1 saturated heterocycles. The van der Waals surface area contributed by atoms with Crippen LogP contribution in [0.25, 0.3) is 0 Å². The minimum Gasteiger partial charge on any atom is -0.394 e. The highest BCUT2D eigenvalue weighted by molar-refractivity contribution is 5.94. The van der Waals surface area contributed by atoms with Crippen molar-refractivity contribution in [1.82, 2.24) is 32.1 Å². The predicted molar refractivity (Wildman–Crippen MR) is 122 cm³/mol. The fourth-order valence-corrected chi connectivity index (χ4v) is 2.95. The molecule has 16 heteroatoms. The molecule has 0 spiro atoms. The van der Waals surface area contributed by atoms with E-state index in [9.17, 15) is 33.9 Å². The Labute approximate surface area is 207 Å². The van der Waals surface area contributed by atoms with Gasteiger partial charge in [-0.05, 0) is 12.3 Å². The molecule has 16 nitrogen and oxygen atoms in total. The lowest BCUT2D eigenvalue weighted by molar-refractivity contribution is -0.135. The molecule has 0 aromatic carbocycles. The summed E-state index contributed by atoms with van der Waals surface area (Å²) in [7, 11) is 0. The summed E-state index contributed by atoms with van der Waals surface area (Å²) in [6.45, 7) is 2.92. The quantitative estimate of drug-likeness (QED) is 0.176. The zero-order valence-corrected chi connectivity index (χ0v) is 20.3. The second kappa shape index (κ2) is 16.2. The maximum Gasteiger partial charge on any atom is 0.316 e. The number of primary amides is 1. The first kappa shape index (κ1) is 30.5. The van der Waals surface area contributed by atoms with E-state index in [1.165, 1.54) is 0 Å². The summed E-state index contributed by atoms with van der Waals surface area (Å²) in [5.74, 6) is -4.10. The highest BCUT2D eigenvalue weighted by Crippen LogP contribution is 2.05. The van der Waals surface area contributed by atoms with Crippen molar-refractivity contribution in [3.8, 4) is 0 Å². The predicted octanol–water partition coefficient (Wildman–Crippen LogP) is -4.27. The van der Waals surface area contributed by atoms with Crippen LogP contribution in [-0.2, 0) is 33.4 Å². The second-order valence-electron chi connectivity index (χ2n) is 8.26. The molecule has 9 N–H and O–H groups in total. The molecule has 0 aliphatic carbocycles. The molecule has 1 rings (SSSR count). The lowest BCUT2D eigenvalue weighted by Gasteiger charge is -2.23. The van der Waals surface area contributed by atoms with Gasteiger partial charge in [-0.25, -0.2) is 4.79 Å². The lowest BCUT2D eigenvalue weighted by Crippen LogP contribution is -2.59. The van der Waals surface area contributed by atoms with Gasteiger partial charge in [-0.2, -0.15) is 0 Å². The zero-order valence-electron chi connectivity index (χ0n) is 20.3. The van der Waals surface area contributed by atoms with Gasteiger partial charge in [0, 0.05) is 6.54 Å². The lowest BCUT2D eigenvalue weighted by atomic mass is 10.0. The van der Waals surface area contributed by atoms with E-state index in [1.54, 1.807) is 0 Å². The number of carbonyl (C=O) groups excluding carboxylic acids is 6. The number of hydrogen-bond acceptors (Lipinski definition) is 9. The Bertz CT molecular complexity index is 793. The average molecular weight is 518 g/mol. The summed E-state index contributed by atoms with van der Waals surface area (Å²) in [5, 5.41) is 18.9. The molecule has 3 atom stereocenters. The smallest absolute Gasteiger partial charge is 0.316 e. The maximum absolute atomic E-state index is 12.6. The molecular weight excluding hydrogens is 482 g/mol. The summed E-state index contributed by atoms with van der Waals surface area (Å²) in [5.41, 5.74) is 9.13. The van der Waals surface area contributed by atoms with Crippen molar-refractivity contribution in [1.29, 1.82) is 0 Å². The third kappa shape index (κ3) is 12.3. The third-order valence-electron chi connectivity index (χ3n) is 4.65. The van der Waals surface area contributed by atoms with Gasteiger partial charge in [-0.1, -0.05) is 13.8 Å². The Kier molecular flexibility index (Phi) is 13.8. The Morgan fingerprint density at radius 1 is 0.917 bits per heavy atom. The molecule has 1 aliphatic heterocycles. The van der Waals surface area contributed by atoms with Crippen LogP contribution in [0.5, 0.6) is 0 Å². The van der Waals surface area contributed by atoms with E-state index in [0.717, 1.165) is 0 Å². The van der Waals surface area contributed by atoms with Crippen LogP contribution < -0.4 is 37.9 Å². The van der Waals surface area contributed by atoms with Crippen molar-refractivity contribution in [3.05, 3.63) is 0 Å². The normalized spacial score (nSPS) is 24.2. The van der Waals surface area contributed by atoms with E-state index in [-0.39, 0.29) is 38.7 Å². The van der Waals surface area contributed by atoms with Gasteiger partial charge in [0.05, 0.1) is 32.8 Å². The van der Waals surface area contributed by atoms with Crippen LogP contribution in [-0.4, -0.2) is 98.4 Å². The molecule has 36 heavy (non-hydrogen) atoms. The van der Waals surface area contributed by atoms with Gasteiger partial charge in [0.2, 0.25) is 17.7 Å². The van der Waals surface area contributed by atoms with Gasteiger partial charge in [0.1, 0.15) is 24.7 Å². The maximum atomic E-state index is 12.6. The Balaban J connectivity index is 3.01. The van der Waals surface area contributed by atoms with Crippen LogP contribution >= 0.6 is 0 Å². The molecule has 7 amide bonds. The van der Waals surface area contributed by atoms with E-state index in [4.69, 9.17) is 15.2 Å². The summed E-state index contributed by atoms with van der Waals surface area (Å²) < 4.78 is 10.4. The molecule has 0 aromatic rings. The number of amides is 7. The summed E-state index contributed by atoms with van der Waals surface area (Å²) in [6, 6.07) is -4.82. The monoisotopic (exact) mass is 517 g/mol. The van der Waals surface area contributed by atoms with Crippen molar-refractivity contribution in [2.24, 2.45) is 11.7 Å². The molecule has 1 fully saturated rings. The van der Waals surface area contributed by atoms with Crippen LogP contribution in [0.2, 0.25) is 0 Å². The number of rotatable bonds is 5. The summed E-state index contributed by atoms with van der Waals surface area (Å²) in [4.78, 5) is 73.2. The zero-order chi connectivity index (χ0) is 27.1. The number of nitrogens with one attached hydrogen (secondary N) is 6. The summed E-state index contributed by atoms with van der Waals surface area (Å²) in [6.07, 6.45) is -0.342. The van der Waals surface area contributed by atoms with E-state index in [0.29, 0.717) is 0 Å². The van der Waals surface area contributed by atoms with E-state index in [2.05, 4.69) is 21.3 Å². The molecule has 1 aliphatic rings. The fraction of sp³-hybridized carbons (Fsp3) is 0.700. The van der Waals surface area contributed by atoms with Gasteiger partial charge in [0.25, 0.3) is 11.8 Å². The molecule has 0 saturated carbocycles. The standard InChI is InChI=1S/C20H35N7O9/c1-11(2)7-12-17(31)22-3-4-35-5-6-36-10-16(30)23-14(9-28)19(33)27-26-18(32)13(8-15(21)29)25-20(34)24-12/h11-14,28H,3-10H2,1-2H3,(H2,21,29)(H,22,31)(H,23,30)(H,26,32)(H,27,33)(H2,24,25,34)/t12-,13-,14-/m0/s1. The van der Waals surface area contributed by atoms with Gasteiger partial charge in [0.15, 0.2) is 0 Å². The molecule has 0 bridgehead atoms. The molecule has 0 aromatic heterocycles. The SMILES string of the molecule is CC(C)C[C@@H]1NC(=O)N[C@@H](CC(N)=O)C(=O)NNC(=O)[C@H](CO)NC(=O)COCCOCCNC1=O. The average Bonchev–Trinajstić information content (AvgIpc) is 2.80. The van der Waals surface area contributed by atoms with Crippen LogP contribution in [0, 0.1) is 5.92 Å². The first-order valence-corrected chi connectivity index (χ1v) is 11.3. The first-order chi connectivity index (χ1) is 17.0. The van der Waals surface area contributed by atoms with Crippen molar-refractivity contribution in [2.75, 3.05) is 39.6 Å². The van der Waals surface area contributed by atoms with Crippen molar-refractivity contribution in [3.63, 3.8) is 0 Å². The van der Waals surface area contributed by atoms with Crippen LogP contribution in [0.15, 0.2) is 0 Å². The minimum absolute atomic E-state index is 0.0274. The van der Waals surface area contributed by atoms with Gasteiger partial charge in [-0.15, -0.1) is 0 Å². The highest BCUT2D eigenvalue weighted by Gasteiger charge is 2.28. The Hall–Kier alpha value is -3.50. The number of carbonyl (C=O) groups is 6. The van der Waals surface area contributed by atoms with Gasteiger partial charge < -0.3 is 41.6 Å². The fourth-order valence-electron chi connectivity index (χ4n) is 2.95. The van der Waals surface area contributed by atoms with Gasteiger partial charge in [-0.3, -0.25) is 34.8 Å². The number of nitrogens with two attached hydrogens (primary N) is 1. The summed E-state index contributed by atoms with van der Waals surface area (Å²) >= 11 is 0. The topological polar surface area (TPSA) is 239 Å². The van der Waals surface area contributed by atoms with Crippen molar-refractivity contribution in [2.45, 2.75) is 44.8 Å². The number of aliphatic hydroxyl groups excluding tert-OH is 1. The second-order valence-corrected chi connectivity index (χ2v) is 8.26. The van der Waals surface area contributed by atoms with E-state index >= 15 is 0 Å². The molecule has 1 heterocycles. The number of urea groups is 1. The Morgan fingerprint density at radius 3 is 2.14 bits per heavy atom. The van der Waals surface area contributed by atoms with E-state index < -0.39 is 73.3 Å². The minimum atomic E-state index is -1.51. The largest absolute Gasteiger partial charge is 0.394 e. The highest BCUT2D eigenvalue weighted by atomic mass is 16.5. The molecule has 0 radical (unpaired) electrons. The number of hydrazine groups is 1. The molecular formula is C20H35N7O9. The molecule has 204 valence electrons. The first-order valence-electron chi connectivity index (χ1n) is 11.3.